The van der Waals surface area contributed by atoms with E-state index in [0.29, 0.717) is 0 Å². The molecule has 0 fully saturated rings. The number of anilines is 1. The van der Waals surface area contributed by atoms with E-state index >= 15 is 0 Å². The SMILES string of the molecule is O=S(NC1Cc2cn(-c3ccccc3)nc2N(Cc2ccccc2)C1)c1ccccc1. The highest BCUT2D eigenvalue weighted by Crippen LogP contribution is 2.29. The van der Waals surface area contributed by atoms with Crippen molar-refractivity contribution in [3.8, 4) is 5.69 Å². The minimum absolute atomic E-state index is 0.0608. The third kappa shape index (κ3) is 4.45. The van der Waals surface area contributed by atoms with Crippen molar-refractivity contribution in [3.05, 3.63) is 108 Å². The summed E-state index contributed by atoms with van der Waals surface area (Å²) in [6.45, 7) is 1.50. The molecule has 0 saturated carbocycles. The number of para-hydroxylation sites is 1. The number of hydrogen-bond acceptors (Lipinski definition) is 3. The van der Waals surface area contributed by atoms with Crippen LogP contribution in [0.3, 0.4) is 0 Å². The first-order chi connectivity index (χ1) is 15.3. The molecular weight excluding hydrogens is 404 g/mol. The van der Waals surface area contributed by atoms with Crippen molar-refractivity contribution in [1.82, 2.24) is 14.5 Å². The van der Waals surface area contributed by atoms with E-state index in [1.54, 1.807) is 0 Å². The summed E-state index contributed by atoms with van der Waals surface area (Å²) in [6, 6.07) is 30.2. The molecule has 2 unspecified atom stereocenters. The number of hydrogen-bond donors (Lipinski definition) is 1. The van der Waals surface area contributed by atoms with Gasteiger partial charge >= 0.3 is 0 Å². The van der Waals surface area contributed by atoms with Crippen molar-refractivity contribution in [2.75, 3.05) is 11.4 Å². The molecule has 6 heteroatoms. The van der Waals surface area contributed by atoms with Gasteiger partial charge in [0, 0.05) is 30.9 Å². The maximum Gasteiger partial charge on any atom is 0.154 e. The molecule has 0 spiro atoms. The lowest BCUT2D eigenvalue weighted by Crippen LogP contribution is -2.46. The zero-order valence-electron chi connectivity index (χ0n) is 17.1. The van der Waals surface area contributed by atoms with Crippen LogP contribution >= 0.6 is 0 Å². The van der Waals surface area contributed by atoms with Gasteiger partial charge in [0.05, 0.1) is 10.6 Å². The maximum absolute atomic E-state index is 12.9. The Bertz CT molecular complexity index is 1160. The Morgan fingerprint density at radius 2 is 1.55 bits per heavy atom. The van der Waals surface area contributed by atoms with E-state index in [2.05, 4.69) is 52.2 Å². The summed E-state index contributed by atoms with van der Waals surface area (Å²) in [5.41, 5.74) is 3.43. The highest BCUT2D eigenvalue weighted by molar-refractivity contribution is 7.83. The highest BCUT2D eigenvalue weighted by Gasteiger charge is 2.29. The first-order valence-electron chi connectivity index (χ1n) is 10.4. The zero-order valence-corrected chi connectivity index (χ0v) is 17.9. The summed E-state index contributed by atoms with van der Waals surface area (Å²) in [5, 5.41) is 4.91. The van der Waals surface area contributed by atoms with Crippen LogP contribution in [0, 0.1) is 0 Å². The summed E-state index contributed by atoms with van der Waals surface area (Å²) in [6.07, 6.45) is 2.88. The van der Waals surface area contributed by atoms with Gasteiger partial charge in [-0.2, -0.15) is 0 Å². The van der Waals surface area contributed by atoms with Crippen LogP contribution in [0.2, 0.25) is 0 Å². The lowest BCUT2D eigenvalue weighted by atomic mass is 10.0. The number of rotatable bonds is 6. The van der Waals surface area contributed by atoms with Gasteiger partial charge in [-0.15, -0.1) is 5.10 Å². The van der Waals surface area contributed by atoms with E-state index in [-0.39, 0.29) is 6.04 Å². The van der Waals surface area contributed by atoms with Gasteiger partial charge in [-0.25, -0.2) is 13.6 Å². The van der Waals surface area contributed by atoms with Gasteiger partial charge in [-0.05, 0) is 36.2 Å². The Morgan fingerprint density at radius 1 is 0.903 bits per heavy atom. The van der Waals surface area contributed by atoms with Gasteiger partial charge in [-0.1, -0.05) is 66.7 Å². The molecule has 1 aliphatic heterocycles. The molecule has 5 rings (SSSR count). The lowest BCUT2D eigenvalue weighted by molar-refractivity contribution is 0.553. The fraction of sp³-hybridized carbons (Fsp3) is 0.160. The summed E-state index contributed by atoms with van der Waals surface area (Å²) in [5.74, 6) is 0.997. The highest BCUT2D eigenvalue weighted by atomic mass is 32.2. The van der Waals surface area contributed by atoms with Crippen LogP contribution in [0.4, 0.5) is 5.82 Å². The third-order valence-electron chi connectivity index (χ3n) is 5.44. The van der Waals surface area contributed by atoms with Gasteiger partial charge in [0.25, 0.3) is 0 Å². The minimum atomic E-state index is -1.25. The van der Waals surface area contributed by atoms with Crippen LogP contribution in [-0.4, -0.2) is 26.6 Å². The molecule has 3 aromatic carbocycles. The summed E-state index contributed by atoms with van der Waals surface area (Å²) in [7, 11) is -1.25. The van der Waals surface area contributed by atoms with Gasteiger partial charge in [0.15, 0.2) is 5.82 Å². The van der Waals surface area contributed by atoms with Gasteiger partial charge < -0.3 is 4.90 Å². The lowest BCUT2D eigenvalue weighted by Gasteiger charge is -2.33. The molecule has 0 aliphatic carbocycles. The third-order valence-corrected chi connectivity index (χ3v) is 6.69. The maximum atomic E-state index is 12.9. The number of aromatic nitrogens is 2. The van der Waals surface area contributed by atoms with Gasteiger partial charge in [0.1, 0.15) is 11.0 Å². The average Bonchev–Trinajstić information content (AvgIpc) is 3.25. The van der Waals surface area contributed by atoms with E-state index in [1.165, 1.54) is 5.56 Å². The number of fused-ring (bicyclic) bond motifs is 1. The molecule has 4 aromatic rings. The molecule has 0 amide bonds. The Labute approximate surface area is 184 Å². The van der Waals surface area contributed by atoms with Crippen LogP contribution in [0.15, 0.2) is 102 Å². The fourth-order valence-electron chi connectivity index (χ4n) is 3.99. The topological polar surface area (TPSA) is 50.2 Å². The molecule has 2 heterocycles. The molecule has 0 saturated heterocycles. The van der Waals surface area contributed by atoms with Gasteiger partial charge in [0.2, 0.25) is 0 Å². The van der Waals surface area contributed by atoms with Crippen LogP contribution in [-0.2, 0) is 24.0 Å². The van der Waals surface area contributed by atoms with E-state index < -0.39 is 11.0 Å². The molecule has 2 atom stereocenters. The van der Waals surface area contributed by atoms with Crippen molar-refractivity contribution in [3.63, 3.8) is 0 Å². The Hall–Kier alpha value is -3.22. The second-order valence-corrected chi connectivity index (χ2v) is 8.97. The number of nitrogens with one attached hydrogen (secondary N) is 1. The summed E-state index contributed by atoms with van der Waals surface area (Å²) >= 11 is 0. The Kier molecular flexibility index (Phi) is 5.65. The first-order valence-corrected chi connectivity index (χ1v) is 11.6. The summed E-state index contributed by atoms with van der Waals surface area (Å²) < 4.78 is 18.2. The van der Waals surface area contributed by atoms with Crippen molar-refractivity contribution in [2.24, 2.45) is 0 Å². The number of benzene rings is 3. The predicted octanol–water partition coefficient (Wildman–Crippen LogP) is 4.12. The largest absolute Gasteiger partial charge is 0.349 e. The molecule has 1 aromatic heterocycles. The molecule has 156 valence electrons. The smallest absolute Gasteiger partial charge is 0.154 e. The fourth-order valence-corrected chi connectivity index (χ4v) is 4.99. The molecule has 31 heavy (non-hydrogen) atoms. The van der Waals surface area contributed by atoms with Crippen molar-refractivity contribution in [2.45, 2.75) is 23.9 Å². The van der Waals surface area contributed by atoms with Gasteiger partial charge in [-0.3, -0.25) is 0 Å². The molecule has 0 bridgehead atoms. The summed E-state index contributed by atoms with van der Waals surface area (Å²) in [4.78, 5) is 3.08. The molecule has 5 nitrogen and oxygen atoms in total. The molecule has 1 N–H and O–H groups in total. The second-order valence-electron chi connectivity index (χ2n) is 7.72. The standard InChI is InChI=1S/C25H24N4OS/c30-31(24-14-8-3-9-15-24)27-22-16-21-18-29(23-12-6-2-7-13-23)26-25(21)28(19-22)17-20-10-4-1-5-11-20/h1-15,18,22,27H,16-17,19H2. The van der Waals surface area contributed by atoms with Crippen LogP contribution in [0.5, 0.6) is 0 Å². The Morgan fingerprint density at radius 3 is 2.26 bits per heavy atom. The molecule has 0 radical (unpaired) electrons. The van der Waals surface area contributed by atoms with Crippen LogP contribution in [0.25, 0.3) is 5.69 Å². The second kappa shape index (κ2) is 8.88. The van der Waals surface area contributed by atoms with Crippen molar-refractivity contribution in [1.29, 1.82) is 0 Å². The van der Waals surface area contributed by atoms with Crippen molar-refractivity contribution >= 4 is 16.8 Å². The number of nitrogens with zero attached hydrogens (tertiary/aromatic N) is 3. The average molecular weight is 429 g/mol. The van der Waals surface area contributed by atoms with E-state index in [9.17, 15) is 4.21 Å². The van der Waals surface area contributed by atoms with Crippen LogP contribution < -0.4 is 9.62 Å². The van der Waals surface area contributed by atoms with E-state index in [4.69, 9.17) is 5.10 Å². The van der Waals surface area contributed by atoms with E-state index in [0.717, 1.165) is 41.5 Å². The Balaban J connectivity index is 1.43. The molecular formula is C25H24N4OS. The predicted molar refractivity (Wildman–Crippen MR) is 125 cm³/mol. The van der Waals surface area contributed by atoms with E-state index in [1.807, 2.05) is 59.3 Å². The minimum Gasteiger partial charge on any atom is -0.349 e. The normalized spacial score (nSPS) is 16.6. The van der Waals surface area contributed by atoms with Crippen LogP contribution in [0.1, 0.15) is 11.1 Å². The first kappa shape index (κ1) is 19.7. The molecule has 1 aliphatic rings. The van der Waals surface area contributed by atoms with Crippen molar-refractivity contribution < 1.29 is 4.21 Å². The zero-order chi connectivity index (χ0) is 21.0. The quantitative estimate of drug-likeness (QED) is 0.503. The monoisotopic (exact) mass is 428 g/mol.